The number of anilines is 2. The molecule has 0 N–H and O–H groups in total. The molecule has 10 heteroatoms. The third-order valence-corrected chi connectivity index (χ3v) is 5.63. The van der Waals surface area contributed by atoms with Crippen LogP contribution in [0, 0.1) is 0 Å². The number of alkyl halides is 6. The van der Waals surface area contributed by atoms with E-state index in [1.165, 1.54) is 21.9 Å². The SMILES string of the molecule is O=C1CCCN1c1cccc(N2CCCC2=O)c1-c1cc(C(F)(F)F)cc(C(F)(F)F)c1. The summed E-state index contributed by atoms with van der Waals surface area (Å²) in [6, 6.07) is 5.85. The number of rotatable bonds is 3. The third-order valence-electron chi connectivity index (χ3n) is 5.63. The topological polar surface area (TPSA) is 40.6 Å². The number of amides is 2. The first kappa shape index (κ1) is 22.2. The van der Waals surface area contributed by atoms with E-state index in [0.29, 0.717) is 25.0 Å². The highest BCUT2D eigenvalue weighted by Gasteiger charge is 2.38. The van der Waals surface area contributed by atoms with Crippen LogP contribution in [0.5, 0.6) is 0 Å². The number of hydrogen-bond acceptors (Lipinski definition) is 2. The number of halogens is 6. The molecule has 0 aromatic heterocycles. The predicted molar refractivity (Wildman–Crippen MR) is 105 cm³/mol. The zero-order chi connectivity index (χ0) is 23.3. The van der Waals surface area contributed by atoms with Crippen LogP contribution in [0.2, 0.25) is 0 Å². The van der Waals surface area contributed by atoms with Gasteiger partial charge in [-0.05, 0) is 48.7 Å². The molecule has 0 saturated carbocycles. The van der Waals surface area contributed by atoms with Crippen LogP contribution in [0.25, 0.3) is 11.1 Å². The molecule has 2 heterocycles. The van der Waals surface area contributed by atoms with Crippen LogP contribution >= 0.6 is 0 Å². The number of carbonyl (C=O) groups excluding carboxylic acids is 2. The van der Waals surface area contributed by atoms with E-state index in [9.17, 15) is 35.9 Å². The first-order valence-electron chi connectivity index (χ1n) is 10.0. The summed E-state index contributed by atoms with van der Waals surface area (Å²) in [5, 5.41) is 0. The van der Waals surface area contributed by atoms with Crippen molar-refractivity contribution in [3.63, 3.8) is 0 Å². The Morgan fingerprint density at radius 2 is 1.12 bits per heavy atom. The highest BCUT2D eigenvalue weighted by atomic mass is 19.4. The smallest absolute Gasteiger partial charge is 0.312 e. The van der Waals surface area contributed by atoms with Crippen LogP contribution in [-0.2, 0) is 21.9 Å². The van der Waals surface area contributed by atoms with Gasteiger partial charge in [0.1, 0.15) is 0 Å². The Balaban J connectivity index is 2.01. The van der Waals surface area contributed by atoms with Crippen LogP contribution in [0.3, 0.4) is 0 Å². The fraction of sp³-hybridized carbons (Fsp3) is 0.364. The maximum atomic E-state index is 13.5. The predicted octanol–water partition coefficient (Wildman–Crippen LogP) is 5.64. The lowest BCUT2D eigenvalue weighted by Crippen LogP contribution is -2.27. The summed E-state index contributed by atoms with van der Waals surface area (Å²) in [7, 11) is 0. The molecule has 2 fully saturated rings. The van der Waals surface area contributed by atoms with Crippen molar-refractivity contribution in [2.45, 2.75) is 38.0 Å². The van der Waals surface area contributed by atoms with Gasteiger partial charge in [0.2, 0.25) is 11.8 Å². The van der Waals surface area contributed by atoms with Gasteiger partial charge in [-0.2, -0.15) is 26.3 Å². The fourth-order valence-corrected chi connectivity index (χ4v) is 4.18. The number of benzene rings is 2. The second-order valence-corrected chi connectivity index (χ2v) is 7.76. The normalized spacial score (nSPS) is 17.6. The van der Waals surface area contributed by atoms with Gasteiger partial charge in [0.25, 0.3) is 0 Å². The summed E-state index contributed by atoms with van der Waals surface area (Å²) in [5.74, 6) is -0.557. The average Bonchev–Trinajstić information content (AvgIpc) is 3.33. The molecule has 0 aliphatic carbocycles. The Labute approximate surface area is 179 Å². The van der Waals surface area contributed by atoms with Crippen LogP contribution in [0.4, 0.5) is 37.7 Å². The van der Waals surface area contributed by atoms with Crippen molar-refractivity contribution in [3.8, 4) is 11.1 Å². The van der Waals surface area contributed by atoms with Gasteiger partial charge in [-0.3, -0.25) is 9.59 Å². The quantitative estimate of drug-likeness (QED) is 0.561. The second-order valence-electron chi connectivity index (χ2n) is 7.76. The van der Waals surface area contributed by atoms with Gasteiger partial charge < -0.3 is 9.80 Å². The van der Waals surface area contributed by atoms with Gasteiger partial charge in [0.15, 0.2) is 0 Å². The molecule has 2 saturated heterocycles. The first-order valence-corrected chi connectivity index (χ1v) is 10.0. The molecular weight excluding hydrogens is 438 g/mol. The minimum absolute atomic E-state index is 0.00889. The van der Waals surface area contributed by atoms with E-state index in [0.717, 1.165) is 0 Å². The van der Waals surface area contributed by atoms with Crippen LogP contribution in [0.1, 0.15) is 36.8 Å². The highest BCUT2D eigenvalue weighted by molar-refractivity contribution is 6.06. The van der Waals surface area contributed by atoms with E-state index in [-0.39, 0.29) is 66.3 Å². The van der Waals surface area contributed by atoms with Crippen molar-refractivity contribution >= 4 is 23.2 Å². The van der Waals surface area contributed by atoms with E-state index in [2.05, 4.69) is 0 Å². The molecule has 4 nitrogen and oxygen atoms in total. The molecule has 0 bridgehead atoms. The van der Waals surface area contributed by atoms with Crippen molar-refractivity contribution < 1.29 is 35.9 Å². The number of carbonyl (C=O) groups is 2. The van der Waals surface area contributed by atoms with Gasteiger partial charge in [-0.15, -0.1) is 0 Å². The molecule has 4 rings (SSSR count). The first-order chi connectivity index (χ1) is 15.0. The van der Waals surface area contributed by atoms with Crippen LogP contribution < -0.4 is 9.80 Å². The molecule has 0 unspecified atom stereocenters. The molecule has 2 amide bonds. The van der Waals surface area contributed by atoms with E-state index in [4.69, 9.17) is 0 Å². The standard InChI is InChI=1S/C22H18F6N2O2/c23-21(24,25)14-10-13(11-15(12-14)22(26,27)28)20-16(29-8-2-6-18(29)31)4-1-5-17(20)30-9-3-7-19(30)32/h1,4-5,10-12H,2-3,6-9H2. The maximum Gasteiger partial charge on any atom is 0.416 e. The van der Waals surface area contributed by atoms with Crippen LogP contribution in [0.15, 0.2) is 36.4 Å². The van der Waals surface area contributed by atoms with E-state index in [1.54, 1.807) is 6.07 Å². The van der Waals surface area contributed by atoms with Crippen molar-refractivity contribution in [2.75, 3.05) is 22.9 Å². The molecule has 0 radical (unpaired) electrons. The zero-order valence-electron chi connectivity index (χ0n) is 16.7. The summed E-state index contributed by atoms with van der Waals surface area (Å²) in [5.41, 5.74) is -2.87. The van der Waals surface area contributed by atoms with Crippen molar-refractivity contribution in [2.24, 2.45) is 0 Å². The summed E-state index contributed by atoms with van der Waals surface area (Å²) >= 11 is 0. The molecule has 0 atom stereocenters. The number of hydrogen-bond donors (Lipinski definition) is 0. The minimum Gasteiger partial charge on any atom is -0.312 e. The molecular formula is C22H18F6N2O2. The highest BCUT2D eigenvalue weighted by Crippen LogP contribution is 2.45. The lowest BCUT2D eigenvalue weighted by atomic mass is 9.95. The fourth-order valence-electron chi connectivity index (χ4n) is 4.18. The van der Waals surface area contributed by atoms with E-state index < -0.39 is 23.5 Å². The Bertz CT molecular complexity index is 1000. The molecule has 2 aromatic carbocycles. The molecule has 32 heavy (non-hydrogen) atoms. The van der Waals surface area contributed by atoms with Gasteiger partial charge in [-0.25, -0.2) is 0 Å². The third kappa shape index (κ3) is 4.05. The number of nitrogens with zero attached hydrogens (tertiary/aromatic N) is 2. The van der Waals surface area contributed by atoms with Crippen molar-refractivity contribution in [1.82, 2.24) is 0 Å². The Hall–Kier alpha value is -3.04. The lowest BCUT2D eigenvalue weighted by Gasteiger charge is -2.27. The molecule has 2 aromatic rings. The largest absolute Gasteiger partial charge is 0.416 e. The van der Waals surface area contributed by atoms with Gasteiger partial charge in [0, 0.05) is 31.5 Å². The van der Waals surface area contributed by atoms with Gasteiger partial charge in [-0.1, -0.05) is 6.07 Å². The molecule has 2 aliphatic heterocycles. The summed E-state index contributed by atoms with van der Waals surface area (Å²) < 4.78 is 80.9. The Morgan fingerprint density at radius 3 is 1.47 bits per heavy atom. The van der Waals surface area contributed by atoms with E-state index >= 15 is 0 Å². The Morgan fingerprint density at radius 1 is 0.688 bits per heavy atom. The molecule has 170 valence electrons. The van der Waals surface area contributed by atoms with Gasteiger partial charge in [0.05, 0.1) is 22.5 Å². The summed E-state index contributed by atoms with van der Waals surface area (Å²) in [6.07, 6.45) is -8.55. The Kier molecular flexibility index (Phi) is 5.42. The monoisotopic (exact) mass is 456 g/mol. The lowest BCUT2D eigenvalue weighted by molar-refractivity contribution is -0.143. The summed E-state index contributed by atoms with van der Waals surface area (Å²) in [6.45, 7) is 0.572. The van der Waals surface area contributed by atoms with Crippen molar-refractivity contribution in [1.29, 1.82) is 0 Å². The zero-order valence-corrected chi connectivity index (χ0v) is 16.7. The van der Waals surface area contributed by atoms with E-state index in [1.807, 2.05) is 0 Å². The van der Waals surface area contributed by atoms with Gasteiger partial charge >= 0.3 is 12.4 Å². The summed E-state index contributed by atoms with van der Waals surface area (Å²) in [4.78, 5) is 27.5. The molecule has 2 aliphatic rings. The minimum atomic E-state index is -5.02. The maximum absolute atomic E-state index is 13.5. The van der Waals surface area contributed by atoms with Crippen LogP contribution in [-0.4, -0.2) is 24.9 Å². The average molecular weight is 456 g/mol. The second kappa shape index (κ2) is 7.83. The molecule has 0 spiro atoms. The van der Waals surface area contributed by atoms with Crippen molar-refractivity contribution in [3.05, 3.63) is 47.5 Å².